The van der Waals surface area contributed by atoms with Crippen LogP contribution in [0.2, 0.25) is 0 Å². The second kappa shape index (κ2) is 7.55. The molecule has 102 valence electrons. The Hall–Kier alpha value is -0.860. The third kappa shape index (κ3) is 5.19. The molecule has 0 heterocycles. The molecule has 0 aliphatic heterocycles. The molecule has 0 radical (unpaired) electrons. The summed E-state index contributed by atoms with van der Waals surface area (Å²) in [6.07, 6.45) is 2.27. The first-order valence-electron chi connectivity index (χ1n) is 7.03. The van der Waals surface area contributed by atoms with Gasteiger partial charge >= 0.3 is 0 Å². The molecule has 1 aromatic rings. The lowest BCUT2D eigenvalue weighted by Crippen LogP contribution is -2.27. The number of nitrogens with zero attached hydrogens (tertiary/aromatic N) is 1. The van der Waals surface area contributed by atoms with E-state index in [1.165, 1.54) is 17.5 Å². The van der Waals surface area contributed by atoms with E-state index < -0.39 is 0 Å². The van der Waals surface area contributed by atoms with Crippen LogP contribution in [-0.4, -0.2) is 25.0 Å². The number of hydrogen-bond acceptors (Lipinski definition) is 2. The van der Waals surface area contributed by atoms with Crippen LogP contribution in [-0.2, 0) is 0 Å². The van der Waals surface area contributed by atoms with Crippen LogP contribution in [0, 0.1) is 12.8 Å². The Labute approximate surface area is 112 Å². The number of nitrogens with two attached hydrogens (primary N) is 1. The van der Waals surface area contributed by atoms with Gasteiger partial charge in [-0.3, -0.25) is 0 Å². The third-order valence-corrected chi connectivity index (χ3v) is 3.65. The predicted octanol–water partition coefficient (Wildman–Crippen LogP) is 3.36. The van der Waals surface area contributed by atoms with Gasteiger partial charge in [-0.15, -0.1) is 0 Å². The van der Waals surface area contributed by atoms with Gasteiger partial charge in [0.1, 0.15) is 0 Å². The lowest BCUT2D eigenvalue weighted by atomic mass is 10.0. The molecular formula is C16H28N2. The van der Waals surface area contributed by atoms with Gasteiger partial charge < -0.3 is 10.6 Å². The Morgan fingerprint density at radius 3 is 2.39 bits per heavy atom. The molecule has 0 spiro atoms. The summed E-state index contributed by atoms with van der Waals surface area (Å²) in [6.45, 7) is 8.89. The molecule has 2 nitrogen and oxygen atoms in total. The average Bonchev–Trinajstić information content (AvgIpc) is 2.36. The molecule has 18 heavy (non-hydrogen) atoms. The van der Waals surface area contributed by atoms with Crippen molar-refractivity contribution in [2.45, 2.75) is 39.7 Å². The molecular weight excluding hydrogens is 220 g/mol. The Kier molecular flexibility index (Phi) is 6.37. The largest absolute Gasteiger partial charge is 0.324 e. The van der Waals surface area contributed by atoms with Crippen LogP contribution < -0.4 is 5.73 Å². The fourth-order valence-electron chi connectivity index (χ4n) is 2.09. The van der Waals surface area contributed by atoms with Crippen molar-refractivity contribution < 1.29 is 0 Å². The lowest BCUT2D eigenvalue weighted by molar-refractivity contribution is 0.272. The van der Waals surface area contributed by atoms with Crippen LogP contribution in [0.3, 0.4) is 0 Å². The van der Waals surface area contributed by atoms with E-state index in [1.807, 2.05) is 0 Å². The van der Waals surface area contributed by atoms with Gasteiger partial charge in [0.05, 0.1) is 0 Å². The van der Waals surface area contributed by atoms with E-state index in [4.69, 9.17) is 5.73 Å². The van der Waals surface area contributed by atoms with Crippen LogP contribution >= 0.6 is 0 Å². The normalized spacial score (nSPS) is 14.8. The van der Waals surface area contributed by atoms with Crippen LogP contribution in [0.4, 0.5) is 0 Å². The summed E-state index contributed by atoms with van der Waals surface area (Å²) in [4.78, 5) is 2.39. The molecule has 0 fully saturated rings. The van der Waals surface area contributed by atoms with Crippen molar-refractivity contribution in [1.29, 1.82) is 0 Å². The average molecular weight is 248 g/mol. The fraction of sp³-hybridized carbons (Fsp3) is 0.625. The lowest BCUT2D eigenvalue weighted by Gasteiger charge is -2.22. The highest BCUT2D eigenvalue weighted by Crippen LogP contribution is 2.15. The summed E-state index contributed by atoms with van der Waals surface area (Å²) in [6, 6.07) is 8.73. The standard InChI is InChI=1S/C16H28N2/c1-5-13(2)12-18(4)11-10-16(17)15-8-6-14(3)7-9-15/h6-9,13,16H,5,10-12,17H2,1-4H3. The Morgan fingerprint density at radius 1 is 1.22 bits per heavy atom. The Balaban J connectivity index is 2.36. The van der Waals surface area contributed by atoms with Crippen LogP contribution in [0.1, 0.15) is 43.9 Å². The second-order valence-electron chi connectivity index (χ2n) is 5.58. The maximum Gasteiger partial charge on any atom is 0.0307 e. The molecule has 0 saturated carbocycles. The number of rotatable bonds is 7. The van der Waals surface area contributed by atoms with Crippen molar-refractivity contribution >= 4 is 0 Å². The summed E-state index contributed by atoms with van der Waals surface area (Å²) < 4.78 is 0. The molecule has 1 aromatic carbocycles. The second-order valence-corrected chi connectivity index (χ2v) is 5.58. The molecule has 0 amide bonds. The minimum atomic E-state index is 0.157. The molecule has 2 heteroatoms. The SMILES string of the molecule is CCC(C)CN(C)CCC(N)c1ccc(C)cc1. The van der Waals surface area contributed by atoms with Gasteiger partial charge in [0.2, 0.25) is 0 Å². The number of aryl methyl sites for hydroxylation is 1. The van der Waals surface area contributed by atoms with Crippen LogP contribution in [0.5, 0.6) is 0 Å². The van der Waals surface area contributed by atoms with Crippen molar-refractivity contribution in [2.75, 3.05) is 20.1 Å². The first-order valence-corrected chi connectivity index (χ1v) is 7.03. The number of benzene rings is 1. The monoisotopic (exact) mass is 248 g/mol. The van der Waals surface area contributed by atoms with Crippen molar-refractivity contribution in [1.82, 2.24) is 4.90 Å². The molecule has 2 N–H and O–H groups in total. The van der Waals surface area contributed by atoms with E-state index in [9.17, 15) is 0 Å². The van der Waals surface area contributed by atoms with Crippen molar-refractivity contribution in [3.63, 3.8) is 0 Å². The highest BCUT2D eigenvalue weighted by molar-refractivity contribution is 5.23. The Morgan fingerprint density at radius 2 is 1.83 bits per heavy atom. The van der Waals surface area contributed by atoms with E-state index in [0.29, 0.717) is 0 Å². The van der Waals surface area contributed by atoms with Gasteiger partial charge in [-0.05, 0) is 38.4 Å². The van der Waals surface area contributed by atoms with Gasteiger partial charge in [0, 0.05) is 12.6 Å². The minimum Gasteiger partial charge on any atom is -0.324 e. The van der Waals surface area contributed by atoms with E-state index in [2.05, 4.69) is 57.0 Å². The van der Waals surface area contributed by atoms with Crippen molar-refractivity contribution in [3.8, 4) is 0 Å². The topological polar surface area (TPSA) is 29.3 Å². The molecule has 1 rings (SSSR count). The minimum absolute atomic E-state index is 0.157. The zero-order valence-corrected chi connectivity index (χ0v) is 12.3. The quantitative estimate of drug-likeness (QED) is 0.801. The van der Waals surface area contributed by atoms with Crippen molar-refractivity contribution in [2.24, 2.45) is 11.7 Å². The molecule has 0 saturated heterocycles. The molecule has 0 aliphatic rings. The highest BCUT2D eigenvalue weighted by atomic mass is 15.1. The summed E-state index contributed by atoms with van der Waals surface area (Å²) in [5.41, 5.74) is 8.77. The fourth-order valence-corrected chi connectivity index (χ4v) is 2.09. The van der Waals surface area contributed by atoms with E-state index in [-0.39, 0.29) is 6.04 Å². The molecule has 0 bridgehead atoms. The highest BCUT2D eigenvalue weighted by Gasteiger charge is 2.09. The van der Waals surface area contributed by atoms with Crippen molar-refractivity contribution in [3.05, 3.63) is 35.4 Å². The van der Waals surface area contributed by atoms with Gasteiger partial charge in [-0.2, -0.15) is 0 Å². The molecule has 0 aliphatic carbocycles. The van der Waals surface area contributed by atoms with E-state index >= 15 is 0 Å². The first-order chi connectivity index (χ1) is 8.52. The molecule has 2 unspecified atom stereocenters. The number of hydrogen-bond donors (Lipinski definition) is 1. The molecule has 0 aromatic heterocycles. The summed E-state index contributed by atoms with van der Waals surface area (Å²) in [7, 11) is 2.19. The maximum atomic E-state index is 6.23. The zero-order valence-electron chi connectivity index (χ0n) is 12.3. The van der Waals surface area contributed by atoms with Crippen LogP contribution in [0.15, 0.2) is 24.3 Å². The third-order valence-electron chi connectivity index (χ3n) is 3.65. The first kappa shape index (κ1) is 15.2. The van der Waals surface area contributed by atoms with Gasteiger partial charge in [0.15, 0.2) is 0 Å². The summed E-state index contributed by atoms with van der Waals surface area (Å²) in [5, 5.41) is 0. The van der Waals surface area contributed by atoms with E-state index in [1.54, 1.807) is 0 Å². The van der Waals surface area contributed by atoms with Crippen LogP contribution in [0.25, 0.3) is 0 Å². The Bertz CT molecular complexity index is 331. The summed E-state index contributed by atoms with van der Waals surface area (Å²) >= 11 is 0. The van der Waals surface area contributed by atoms with Gasteiger partial charge in [0.25, 0.3) is 0 Å². The maximum absolute atomic E-state index is 6.23. The predicted molar refractivity (Wildman–Crippen MR) is 79.7 cm³/mol. The molecule has 2 atom stereocenters. The van der Waals surface area contributed by atoms with Gasteiger partial charge in [-0.25, -0.2) is 0 Å². The summed E-state index contributed by atoms with van der Waals surface area (Å²) in [5.74, 6) is 0.769. The van der Waals surface area contributed by atoms with Gasteiger partial charge in [-0.1, -0.05) is 50.1 Å². The van der Waals surface area contributed by atoms with E-state index in [0.717, 1.165) is 25.4 Å². The smallest absolute Gasteiger partial charge is 0.0307 e. The zero-order chi connectivity index (χ0) is 13.5.